The summed E-state index contributed by atoms with van der Waals surface area (Å²) in [5, 5.41) is 4.97. The van der Waals surface area contributed by atoms with E-state index in [1.165, 1.54) is 0 Å². The van der Waals surface area contributed by atoms with Gasteiger partial charge in [0.1, 0.15) is 10.8 Å². The Morgan fingerprint density at radius 3 is 2.68 bits per heavy atom. The van der Waals surface area contributed by atoms with Crippen LogP contribution in [0, 0.1) is 5.92 Å². The Hall–Kier alpha value is -2.67. The zero-order valence-electron chi connectivity index (χ0n) is 18.2. The zero-order chi connectivity index (χ0) is 22.0. The minimum absolute atomic E-state index is 0.206. The standard InChI is InChI=1S/C23H28ClN5O2/c1-23(2,3)31-22(30)28-9-6-16(7-10-28)8-11-29-15-18(14-26-29)17-12-20-19(25-13-17)4-5-21(24)27-20/h4-5,12-16H,6-11H2,1-3H3. The Morgan fingerprint density at radius 1 is 1.16 bits per heavy atom. The molecular formula is C23H28ClN5O2. The Bertz CT molecular complexity index is 1070. The summed E-state index contributed by atoms with van der Waals surface area (Å²) in [5.74, 6) is 0.583. The van der Waals surface area contributed by atoms with Crippen LogP contribution >= 0.6 is 11.6 Å². The molecule has 0 aliphatic carbocycles. The molecule has 1 aliphatic heterocycles. The highest BCUT2D eigenvalue weighted by atomic mass is 35.5. The largest absolute Gasteiger partial charge is 0.444 e. The van der Waals surface area contributed by atoms with Gasteiger partial charge in [0, 0.05) is 43.2 Å². The van der Waals surface area contributed by atoms with Crippen molar-refractivity contribution in [2.24, 2.45) is 5.92 Å². The first-order valence-corrected chi connectivity index (χ1v) is 11.1. The number of piperidine rings is 1. The number of halogens is 1. The van der Waals surface area contributed by atoms with Gasteiger partial charge in [-0.05, 0) is 64.2 Å². The fourth-order valence-corrected chi connectivity index (χ4v) is 3.97. The molecule has 164 valence electrons. The number of likely N-dealkylation sites (tertiary alicyclic amines) is 1. The summed E-state index contributed by atoms with van der Waals surface area (Å²) in [4.78, 5) is 22.8. The third-order valence-corrected chi connectivity index (χ3v) is 5.71. The molecule has 0 aromatic carbocycles. The molecule has 3 aromatic rings. The fourth-order valence-electron chi connectivity index (χ4n) is 3.82. The van der Waals surface area contributed by atoms with Gasteiger partial charge in [0.25, 0.3) is 0 Å². The number of carbonyl (C=O) groups excluding carboxylic acids is 1. The van der Waals surface area contributed by atoms with Crippen molar-refractivity contribution in [2.75, 3.05) is 13.1 Å². The highest BCUT2D eigenvalue weighted by Crippen LogP contribution is 2.25. The normalized spacial score (nSPS) is 15.4. The second-order valence-electron chi connectivity index (χ2n) is 9.09. The number of amides is 1. The number of carbonyl (C=O) groups is 1. The molecule has 4 rings (SSSR count). The molecule has 1 amide bonds. The molecule has 31 heavy (non-hydrogen) atoms. The highest BCUT2D eigenvalue weighted by Gasteiger charge is 2.26. The van der Waals surface area contributed by atoms with E-state index in [4.69, 9.17) is 16.3 Å². The van der Waals surface area contributed by atoms with Gasteiger partial charge in [0.15, 0.2) is 0 Å². The predicted molar refractivity (Wildman–Crippen MR) is 121 cm³/mol. The van der Waals surface area contributed by atoms with Crippen LogP contribution in [-0.4, -0.2) is 49.4 Å². The quantitative estimate of drug-likeness (QED) is 0.521. The van der Waals surface area contributed by atoms with Crippen molar-refractivity contribution in [3.63, 3.8) is 0 Å². The Kier molecular flexibility index (Phi) is 6.14. The summed E-state index contributed by atoms with van der Waals surface area (Å²) in [6, 6.07) is 5.60. The van der Waals surface area contributed by atoms with Gasteiger partial charge in [0.05, 0.1) is 17.2 Å². The second-order valence-corrected chi connectivity index (χ2v) is 9.47. The molecule has 0 unspecified atom stereocenters. The van der Waals surface area contributed by atoms with E-state index in [1.807, 2.05) is 61.1 Å². The van der Waals surface area contributed by atoms with Crippen molar-refractivity contribution in [3.8, 4) is 11.1 Å². The van der Waals surface area contributed by atoms with Crippen LogP contribution in [0.5, 0.6) is 0 Å². The topological polar surface area (TPSA) is 73.1 Å². The Labute approximate surface area is 187 Å². The number of pyridine rings is 2. The lowest BCUT2D eigenvalue weighted by molar-refractivity contribution is 0.0179. The van der Waals surface area contributed by atoms with Crippen molar-refractivity contribution >= 4 is 28.7 Å². The minimum atomic E-state index is -0.450. The summed E-state index contributed by atoms with van der Waals surface area (Å²) in [5.41, 5.74) is 3.12. The highest BCUT2D eigenvalue weighted by molar-refractivity contribution is 6.29. The number of rotatable bonds is 4. The van der Waals surface area contributed by atoms with E-state index in [0.29, 0.717) is 11.1 Å². The maximum atomic E-state index is 12.2. The molecule has 0 N–H and O–H groups in total. The van der Waals surface area contributed by atoms with Gasteiger partial charge < -0.3 is 9.64 Å². The molecule has 1 fully saturated rings. The average molecular weight is 442 g/mol. The van der Waals surface area contributed by atoms with Gasteiger partial charge in [-0.2, -0.15) is 5.10 Å². The number of ether oxygens (including phenoxy) is 1. The van der Waals surface area contributed by atoms with Crippen molar-refractivity contribution in [2.45, 2.75) is 52.2 Å². The van der Waals surface area contributed by atoms with Crippen LogP contribution in [-0.2, 0) is 11.3 Å². The monoisotopic (exact) mass is 441 g/mol. The first-order valence-electron chi connectivity index (χ1n) is 10.7. The Morgan fingerprint density at radius 2 is 1.94 bits per heavy atom. The molecule has 0 saturated carbocycles. The number of hydrogen-bond acceptors (Lipinski definition) is 5. The van der Waals surface area contributed by atoms with Crippen molar-refractivity contribution < 1.29 is 9.53 Å². The molecule has 0 radical (unpaired) electrons. The lowest BCUT2D eigenvalue weighted by Crippen LogP contribution is -2.41. The molecule has 3 aromatic heterocycles. The lowest BCUT2D eigenvalue weighted by Gasteiger charge is -2.33. The SMILES string of the molecule is CC(C)(C)OC(=O)N1CCC(CCn2cc(-c3cnc4ccc(Cl)nc4c3)cn2)CC1. The number of aryl methyl sites for hydroxylation is 1. The number of fused-ring (bicyclic) bond motifs is 1. The van der Waals surface area contributed by atoms with Crippen LogP contribution < -0.4 is 0 Å². The molecule has 1 saturated heterocycles. The van der Waals surface area contributed by atoms with Crippen molar-refractivity contribution in [3.05, 3.63) is 41.9 Å². The molecule has 0 spiro atoms. The third-order valence-electron chi connectivity index (χ3n) is 5.50. The maximum absolute atomic E-state index is 12.2. The molecular weight excluding hydrogens is 414 g/mol. The van der Waals surface area contributed by atoms with E-state index in [0.717, 1.165) is 61.1 Å². The first kappa shape index (κ1) is 21.6. The van der Waals surface area contributed by atoms with Crippen LogP contribution in [0.25, 0.3) is 22.2 Å². The summed E-state index contributed by atoms with van der Waals surface area (Å²) in [6.07, 6.45) is 8.56. The van der Waals surface area contributed by atoms with Gasteiger partial charge in [-0.15, -0.1) is 0 Å². The van der Waals surface area contributed by atoms with E-state index >= 15 is 0 Å². The van der Waals surface area contributed by atoms with Gasteiger partial charge in [-0.1, -0.05) is 11.6 Å². The summed E-state index contributed by atoms with van der Waals surface area (Å²) in [7, 11) is 0. The molecule has 0 atom stereocenters. The van der Waals surface area contributed by atoms with E-state index in [-0.39, 0.29) is 6.09 Å². The summed E-state index contributed by atoms with van der Waals surface area (Å²) < 4.78 is 7.45. The van der Waals surface area contributed by atoms with E-state index < -0.39 is 5.60 Å². The van der Waals surface area contributed by atoms with Gasteiger partial charge in [0.2, 0.25) is 0 Å². The van der Waals surface area contributed by atoms with Gasteiger partial charge in [-0.3, -0.25) is 9.67 Å². The molecule has 0 bridgehead atoms. The van der Waals surface area contributed by atoms with Gasteiger partial charge >= 0.3 is 6.09 Å². The smallest absolute Gasteiger partial charge is 0.410 e. The Balaban J connectivity index is 1.31. The van der Waals surface area contributed by atoms with Crippen LogP contribution in [0.2, 0.25) is 5.15 Å². The zero-order valence-corrected chi connectivity index (χ0v) is 19.0. The van der Waals surface area contributed by atoms with Crippen LogP contribution in [0.4, 0.5) is 4.79 Å². The molecule has 4 heterocycles. The summed E-state index contributed by atoms with van der Waals surface area (Å²) in [6.45, 7) is 8.05. The maximum Gasteiger partial charge on any atom is 0.410 e. The van der Waals surface area contributed by atoms with Crippen LogP contribution in [0.15, 0.2) is 36.8 Å². The van der Waals surface area contributed by atoms with Crippen molar-refractivity contribution in [1.82, 2.24) is 24.6 Å². The lowest BCUT2D eigenvalue weighted by atomic mass is 9.94. The van der Waals surface area contributed by atoms with E-state index in [9.17, 15) is 4.79 Å². The summed E-state index contributed by atoms with van der Waals surface area (Å²) >= 11 is 6.01. The predicted octanol–water partition coefficient (Wildman–Crippen LogP) is 5.18. The average Bonchev–Trinajstić information content (AvgIpc) is 3.20. The number of hydrogen-bond donors (Lipinski definition) is 0. The van der Waals surface area contributed by atoms with Crippen molar-refractivity contribution in [1.29, 1.82) is 0 Å². The minimum Gasteiger partial charge on any atom is -0.444 e. The third kappa shape index (κ3) is 5.53. The second kappa shape index (κ2) is 8.83. The number of nitrogens with zero attached hydrogens (tertiary/aromatic N) is 5. The van der Waals surface area contributed by atoms with E-state index in [2.05, 4.69) is 15.1 Å². The fraction of sp³-hybridized carbons (Fsp3) is 0.478. The van der Waals surface area contributed by atoms with Crippen LogP contribution in [0.3, 0.4) is 0 Å². The van der Waals surface area contributed by atoms with E-state index in [1.54, 1.807) is 6.07 Å². The first-order chi connectivity index (χ1) is 14.8. The van der Waals surface area contributed by atoms with Crippen LogP contribution in [0.1, 0.15) is 40.0 Å². The molecule has 8 heteroatoms. The molecule has 7 nitrogen and oxygen atoms in total. The molecule has 1 aliphatic rings. The number of aromatic nitrogens is 4. The van der Waals surface area contributed by atoms with Gasteiger partial charge in [-0.25, -0.2) is 9.78 Å².